The molecule has 3 nitrogen and oxygen atoms in total. The number of aliphatic imine (C=N–C) groups is 1. The molecule has 2 atom stereocenters. The van der Waals surface area contributed by atoms with E-state index in [1.54, 1.807) is 0 Å². The molecule has 0 aromatic heterocycles. The molecule has 0 saturated heterocycles. The predicted molar refractivity (Wildman–Crippen MR) is 91.4 cm³/mol. The monoisotopic (exact) mass is 291 g/mol. The van der Waals surface area contributed by atoms with Gasteiger partial charge in [-0.1, -0.05) is 39.0 Å². The number of fused-ring (bicyclic) bond motifs is 1. The van der Waals surface area contributed by atoms with Crippen LogP contribution in [0.15, 0.2) is 16.9 Å². The van der Waals surface area contributed by atoms with Crippen molar-refractivity contribution in [2.45, 2.75) is 83.6 Å². The number of nitrogens with two attached hydrogens (primary N) is 1. The van der Waals surface area contributed by atoms with Crippen molar-refractivity contribution in [2.24, 2.45) is 16.6 Å². The fraction of sp³-hybridized carbons (Fsp3) is 0.833. The maximum absolute atomic E-state index is 6.11. The molecule has 1 fully saturated rings. The third kappa shape index (κ3) is 5.82. The van der Waals surface area contributed by atoms with Crippen LogP contribution < -0.4 is 11.1 Å². The Labute approximate surface area is 130 Å². The first-order valence-corrected chi connectivity index (χ1v) is 9.05. The van der Waals surface area contributed by atoms with Crippen molar-refractivity contribution in [3.05, 3.63) is 11.9 Å². The van der Waals surface area contributed by atoms with Gasteiger partial charge in [-0.3, -0.25) is 4.99 Å². The molecule has 1 saturated carbocycles. The fourth-order valence-electron chi connectivity index (χ4n) is 3.47. The van der Waals surface area contributed by atoms with Crippen LogP contribution in [0.1, 0.15) is 77.6 Å². The summed E-state index contributed by atoms with van der Waals surface area (Å²) in [5, 5.41) is 3.44. The van der Waals surface area contributed by atoms with E-state index in [2.05, 4.69) is 18.4 Å². The highest BCUT2D eigenvalue weighted by Gasteiger charge is 2.25. The highest BCUT2D eigenvalue weighted by molar-refractivity contribution is 5.88. The van der Waals surface area contributed by atoms with Crippen molar-refractivity contribution in [3.63, 3.8) is 0 Å². The Morgan fingerprint density at radius 3 is 2.86 bits per heavy atom. The highest BCUT2D eigenvalue weighted by Crippen LogP contribution is 2.26. The quantitative estimate of drug-likeness (QED) is 0.693. The van der Waals surface area contributed by atoms with Crippen molar-refractivity contribution in [3.8, 4) is 0 Å². The second-order valence-electron chi connectivity index (χ2n) is 6.73. The van der Waals surface area contributed by atoms with Gasteiger partial charge in [0, 0.05) is 30.4 Å². The summed E-state index contributed by atoms with van der Waals surface area (Å²) in [6, 6.07) is 0.388. The minimum atomic E-state index is 0.388. The molecular formula is C18H33N3. The molecule has 1 aliphatic heterocycles. The molecule has 0 aromatic rings. The first-order chi connectivity index (χ1) is 10.3. The van der Waals surface area contributed by atoms with Gasteiger partial charge in [-0.15, -0.1) is 0 Å². The van der Waals surface area contributed by atoms with Gasteiger partial charge < -0.3 is 11.1 Å². The van der Waals surface area contributed by atoms with Crippen LogP contribution in [0.2, 0.25) is 0 Å². The maximum atomic E-state index is 6.11. The standard InChI is InChI=1S/C18H33N3/c1-2-3-4-5-6-7-8-17-14-20-12-11-15-13-16(19)9-10-18(15)21-17/h14-16,20H,2-13,19H2,1H3/b17-14-,21-18-. The van der Waals surface area contributed by atoms with E-state index in [1.807, 2.05) is 0 Å². The lowest BCUT2D eigenvalue weighted by Gasteiger charge is -2.30. The van der Waals surface area contributed by atoms with Gasteiger partial charge in [0.1, 0.15) is 0 Å². The Morgan fingerprint density at radius 1 is 1.19 bits per heavy atom. The molecule has 0 spiro atoms. The summed E-state index contributed by atoms with van der Waals surface area (Å²) in [6.45, 7) is 3.34. The average molecular weight is 291 g/mol. The zero-order valence-electron chi connectivity index (χ0n) is 13.7. The molecule has 2 unspecified atom stereocenters. The lowest BCUT2D eigenvalue weighted by Crippen LogP contribution is -2.35. The van der Waals surface area contributed by atoms with Crippen molar-refractivity contribution in [1.82, 2.24) is 5.32 Å². The molecule has 2 aliphatic rings. The number of nitrogens with zero attached hydrogens (tertiary/aromatic N) is 1. The molecule has 0 radical (unpaired) electrons. The van der Waals surface area contributed by atoms with Crippen LogP contribution in [-0.2, 0) is 0 Å². The molecule has 2 rings (SSSR count). The van der Waals surface area contributed by atoms with Gasteiger partial charge in [0.05, 0.1) is 5.70 Å². The Morgan fingerprint density at radius 2 is 2.00 bits per heavy atom. The van der Waals surface area contributed by atoms with Crippen LogP contribution >= 0.6 is 0 Å². The largest absolute Gasteiger partial charge is 0.389 e. The SMILES string of the molecule is CCCCCCCCC1=C/NCCC2CC(N)CC\C2=N\1. The summed E-state index contributed by atoms with van der Waals surface area (Å²) in [5.74, 6) is 0.620. The van der Waals surface area contributed by atoms with E-state index in [9.17, 15) is 0 Å². The van der Waals surface area contributed by atoms with E-state index in [1.165, 1.54) is 56.4 Å². The van der Waals surface area contributed by atoms with Gasteiger partial charge in [0.25, 0.3) is 0 Å². The number of rotatable bonds is 7. The lowest BCUT2D eigenvalue weighted by molar-refractivity contribution is 0.437. The first-order valence-electron chi connectivity index (χ1n) is 9.05. The molecule has 3 N–H and O–H groups in total. The summed E-state index contributed by atoms with van der Waals surface area (Å²) in [6.07, 6.45) is 15.9. The fourth-order valence-corrected chi connectivity index (χ4v) is 3.47. The molecule has 1 aliphatic carbocycles. The number of hydrogen-bond acceptors (Lipinski definition) is 3. The minimum absolute atomic E-state index is 0.388. The first kappa shape index (κ1) is 16.5. The predicted octanol–water partition coefficient (Wildman–Crippen LogP) is 4.14. The van der Waals surface area contributed by atoms with Crippen LogP contribution in [0.3, 0.4) is 0 Å². The molecule has 21 heavy (non-hydrogen) atoms. The van der Waals surface area contributed by atoms with Gasteiger partial charge in [-0.25, -0.2) is 0 Å². The topological polar surface area (TPSA) is 50.4 Å². The van der Waals surface area contributed by atoms with Crippen LogP contribution in [0.5, 0.6) is 0 Å². The van der Waals surface area contributed by atoms with Gasteiger partial charge in [0.15, 0.2) is 0 Å². The van der Waals surface area contributed by atoms with Crippen molar-refractivity contribution in [2.75, 3.05) is 6.54 Å². The summed E-state index contributed by atoms with van der Waals surface area (Å²) in [4.78, 5) is 4.99. The second kappa shape index (κ2) is 9.24. The van der Waals surface area contributed by atoms with E-state index < -0.39 is 0 Å². The zero-order chi connectivity index (χ0) is 14.9. The maximum Gasteiger partial charge on any atom is 0.0559 e. The summed E-state index contributed by atoms with van der Waals surface area (Å²) >= 11 is 0. The Hall–Kier alpha value is -0.830. The average Bonchev–Trinajstić information content (AvgIpc) is 2.46. The molecule has 120 valence electrons. The molecule has 0 bridgehead atoms. The Bertz CT molecular complexity index is 359. The van der Waals surface area contributed by atoms with Crippen molar-refractivity contribution < 1.29 is 0 Å². The minimum Gasteiger partial charge on any atom is -0.389 e. The second-order valence-corrected chi connectivity index (χ2v) is 6.73. The molecule has 0 aromatic carbocycles. The van der Waals surface area contributed by atoms with Gasteiger partial charge in [-0.05, 0) is 38.5 Å². The van der Waals surface area contributed by atoms with Gasteiger partial charge in [0.2, 0.25) is 0 Å². The van der Waals surface area contributed by atoms with Crippen LogP contribution in [0, 0.1) is 5.92 Å². The van der Waals surface area contributed by atoms with E-state index in [0.29, 0.717) is 12.0 Å². The number of unbranched alkanes of at least 4 members (excludes halogenated alkanes) is 5. The van der Waals surface area contributed by atoms with Gasteiger partial charge in [-0.2, -0.15) is 0 Å². The number of hydrogen-bond donors (Lipinski definition) is 2. The number of allylic oxidation sites excluding steroid dienone is 1. The van der Waals surface area contributed by atoms with E-state index in [0.717, 1.165) is 32.2 Å². The number of nitrogens with one attached hydrogen (secondary N) is 1. The molecule has 1 heterocycles. The van der Waals surface area contributed by atoms with E-state index in [4.69, 9.17) is 10.7 Å². The van der Waals surface area contributed by atoms with Crippen LogP contribution in [0.25, 0.3) is 0 Å². The van der Waals surface area contributed by atoms with Crippen LogP contribution in [-0.4, -0.2) is 18.3 Å². The normalized spacial score (nSPS) is 31.0. The van der Waals surface area contributed by atoms with Crippen molar-refractivity contribution >= 4 is 5.71 Å². The lowest BCUT2D eigenvalue weighted by atomic mass is 9.82. The van der Waals surface area contributed by atoms with Crippen molar-refractivity contribution in [1.29, 1.82) is 0 Å². The molecular weight excluding hydrogens is 258 g/mol. The third-order valence-corrected chi connectivity index (χ3v) is 4.81. The van der Waals surface area contributed by atoms with Gasteiger partial charge >= 0.3 is 0 Å². The van der Waals surface area contributed by atoms with E-state index >= 15 is 0 Å². The summed E-state index contributed by atoms with van der Waals surface area (Å²) in [5.41, 5.74) is 8.81. The molecule has 0 amide bonds. The highest BCUT2D eigenvalue weighted by atomic mass is 14.9. The smallest absolute Gasteiger partial charge is 0.0559 e. The van der Waals surface area contributed by atoms with E-state index in [-0.39, 0.29) is 0 Å². The Balaban J connectivity index is 1.80. The zero-order valence-corrected chi connectivity index (χ0v) is 13.7. The summed E-state index contributed by atoms with van der Waals surface area (Å²) in [7, 11) is 0. The summed E-state index contributed by atoms with van der Waals surface area (Å²) < 4.78 is 0. The van der Waals surface area contributed by atoms with Crippen LogP contribution in [0.4, 0.5) is 0 Å². The third-order valence-electron chi connectivity index (χ3n) is 4.81. The Kier molecular flexibility index (Phi) is 7.28. The molecule has 3 heteroatoms.